The fourth-order valence-corrected chi connectivity index (χ4v) is 1.90. The lowest BCUT2D eigenvalue weighted by Gasteiger charge is -2.12. The summed E-state index contributed by atoms with van der Waals surface area (Å²) in [5.74, 6) is -0.492. The number of aromatic nitrogens is 1. The molecule has 0 atom stereocenters. The molecule has 2 rings (SSSR count). The zero-order chi connectivity index (χ0) is 12.4. The second-order valence-corrected chi connectivity index (χ2v) is 3.77. The Hall–Kier alpha value is -1.94. The minimum absolute atomic E-state index is 0.136. The predicted octanol–water partition coefficient (Wildman–Crippen LogP) is 2.84. The summed E-state index contributed by atoms with van der Waals surface area (Å²) in [5, 5.41) is 9.50. The molecule has 4 nitrogen and oxygen atoms in total. The van der Waals surface area contributed by atoms with Gasteiger partial charge < -0.3 is 14.4 Å². The van der Waals surface area contributed by atoms with Crippen LogP contribution in [0.25, 0.3) is 5.69 Å². The number of aromatic carboxylic acids is 1. The Kier molecular flexibility index (Phi) is 3.06. The smallest absolute Gasteiger partial charge is 0.352 e. The first-order valence-corrected chi connectivity index (χ1v) is 5.26. The number of hydrogen-bond acceptors (Lipinski definition) is 2. The van der Waals surface area contributed by atoms with Gasteiger partial charge in [-0.15, -0.1) is 0 Å². The highest BCUT2D eigenvalue weighted by Gasteiger charge is 2.15. The Morgan fingerprint density at radius 1 is 1.35 bits per heavy atom. The van der Waals surface area contributed by atoms with E-state index in [1.165, 1.54) is 17.7 Å². The summed E-state index contributed by atoms with van der Waals surface area (Å²) in [6.07, 6.45) is 1.63. The Morgan fingerprint density at radius 3 is 2.76 bits per heavy atom. The Morgan fingerprint density at radius 2 is 2.12 bits per heavy atom. The molecule has 0 bridgehead atoms. The molecule has 0 saturated carbocycles. The number of para-hydroxylation sites is 1. The van der Waals surface area contributed by atoms with Gasteiger partial charge >= 0.3 is 5.97 Å². The van der Waals surface area contributed by atoms with E-state index in [9.17, 15) is 4.79 Å². The first kappa shape index (κ1) is 11.5. The van der Waals surface area contributed by atoms with Crippen LogP contribution in [-0.2, 0) is 0 Å². The molecule has 0 amide bonds. The number of nitrogens with zero attached hydrogens (tertiary/aromatic N) is 1. The highest BCUT2D eigenvalue weighted by atomic mass is 35.5. The SMILES string of the molecule is COc1cccc(Cl)c1-n1cccc1C(=O)O. The molecule has 0 spiro atoms. The third-order valence-corrected chi connectivity index (χ3v) is 2.68. The molecule has 0 radical (unpaired) electrons. The molecule has 1 N–H and O–H groups in total. The summed E-state index contributed by atoms with van der Waals surface area (Å²) < 4.78 is 6.68. The van der Waals surface area contributed by atoms with Crippen LogP contribution in [0.1, 0.15) is 10.5 Å². The number of carboxylic acid groups (broad SMARTS) is 1. The van der Waals surface area contributed by atoms with Gasteiger partial charge in [0.1, 0.15) is 17.1 Å². The van der Waals surface area contributed by atoms with Crippen molar-refractivity contribution < 1.29 is 14.6 Å². The topological polar surface area (TPSA) is 51.5 Å². The molecule has 1 aromatic heterocycles. The number of rotatable bonds is 3. The van der Waals surface area contributed by atoms with E-state index in [2.05, 4.69) is 0 Å². The van der Waals surface area contributed by atoms with Crippen LogP contribution >= 0.6 is 11.6 Å². The second-order valence-electron chi connectivity index (χ2n) is 3.36. The average Bonchev–Trinajstić information content (AvgIpc) is 2.77. The summed E-state index contributed by atoms with van der Waals surface area (Å²) in [7, 11) is 1.51. The normalized spacial score (nSPS) is 10.2. The molecule has 0 aliphatic heterocycles. The third-order valence-electron chi connectivity index (χ3n) is 2.38. The molecule has 88 valence electrons. The maximum atomic E-state index is 11.1. The fraction of sp³-hybridized carbons (Fsp3) is 0.0833. The lowest BCUT2D eigenvalue weighted by molar-refractivity contribution is 0.0688. The van der Waals surface area contributed by atoms with Crippen molar-refractivity contribution in [3.8, 4) is 11.4 Å². The first-order chi connectivity index (χ1) is 8.15. The van der Waals surface area contributed by atoms with Gasteiger partial charge in [-0.05, 0) is 24.3 Å². The van der Waals surface area contributed by atoms with E-state index < -0.39 is 5.97 Å². The fourth-order valence-electron chi connectivity index (χ4n) is 1.64. The number of methoxy groups -OCH3 is 1. The summed E-state index contributed by atoms with van der Waals surface area (Å²) >= 11 is 6.08. The minimum Gasteiger partial charge on any atom is -0.495 e. The van der Waals surface area contributed by atoms with Crippen molar-refractivity contribution in [2.24, 2.45) is 0 Å². The van der Waals surface area contributed by atoms with Gasteiger partial charge in [-0.1, -0.05) is 17.7 Å². The average molecular weight is 252 g/mol. The van der Waals surface area contributed by atoms with Gasteiger partial charge in [-0.2, -0.15) is 0 Å². The highest BCUT2D eigenvalue weighted by molar-refractivity contribution is 6.32. The first-order valence-electron chi connectivity index (χ1n) is 4.88. The van der Waals surface area contributed by atoms with Crippen LogP contribution in [0.4, 0.5) is 0 Å². The van der Waals surface area contributed by atoms with Crippen molar-refractivity contribution >= 4 is 17.6 Å². The molecule has 0 aliphatic rings. The molecule has 1 aromatic carbocycles. The zero-order valence-corrected chi connectivity index (χ0v) is 9.81. The van der Waals surface area contributed by atoms with Gasteiger partial charge in [0.15, 0.2) is 0 Å². The number of benzene rings is 1. The van der Waals surface area contributed by atoms with E-state index >= 15 is 0 Å². The zero-order valence-electron chi connectivity index (χ0n) is 9.05. The number of ether oxygens (including phenoxy) is 1. The monoisotopic (exact) mass is 251 g/mol. The van der Waals surface area contributed by atoms with Gasteiger partial charge in [0.05, 0.1) is 12.1 Å². The molecule has 2 aromatic rings. The Labute approximate surface area is 103 Å². The number of carboxylic acids is 1. The van der Waals surface area contributed by atoms with Crippen molar-refractivity contribution in [3.63, 3.8) is 0 Å². The quantitative estimate of drug-likeness (QED) is 0.913. The minimum atomic E-state index is -1.02. The van der Waals surface area contributed by atoms with Crippen LogP contribution in [-0.4, -0.2) is 22.8 Å². The predicted molar refractivity (Wildman–Crippen MR) is 64.3 cm³/mol. The molecular formula is C12H10ClNO3. The van der Waals surface area contributed by atoms with Crippen LogP contribution in [0.2, 0.25) is 5.02 Å². The van der Waals surface area contributed by atoms with Crippen LogP contribution in [0.15, 0.2) is 36.5 Å². The van der Waals surface area contributed by atoms with Crippen molar-refractivity contribution in [3.05, 3.63) is 47.2 Å². The molecule has 0 saturated heterocycles. The van der Waals surface area contributed by atoms with E-state index in [1.807, 2.05) is 0 Å². The van der Waals surface area contributed by atoms with E-state index in [0.29, 0.717) is 16.5 Å². The van der Waals surface area contributed by atoms with Crippen molar-refractivity contribution in [1.82, 2.24) is 4.57 Å². The van der Waals surface area contributed by atoms with Crippen LogP contribution in [0.5, 0.6) is 5.75 Å². The van der Waals surface area contributed by atoms with Gasteiger partial charge in [0, 0.05) is 6.20 Å². The molecule has 0 unspecified atom stereocenters. The van der Waals surface area contributed by atoms with Crippen molar-refractivity contribution in [2.45, 2.75) is 0 Å². The van der Waals surface area contributed by atoms with Gasteiger partial charge in [-0.3, -0.25) is 0 Å². The van der Waals surface area contributed by atoms with Crippen molar-refractivity contribution in [2.75, 3.05) is 7.11 Å². The maximum absolute atomic E-state index is 11.1. The largest absolute Gasteiger partial charge is 0.495 e. The molecule has 17 heavy (non-hydrogen) atoms. The molecule has 0 fully saturated rings. The third kappa shape index (κ3) is 1.99. The lowest BCUT2D eigenvalue weighted by Crippen LogP contribution is -2.07. The Balaban J connectivity index is 2.68. The van der Waals surface area contributed by atoms with E-state index in [1.54, 1.807) is 30.5 Å². The number of halogens is 1. The van der Waals surface area contributed by atoms with Crippen molar-refractivity contribution in [1.29, 1.82) is 0 Å². The lowest BCUT2D eigenvalue weighted by atomic mass is 10.2. The van der Waals surface area contributed by atoms with Crippen LogP contribution in [0.3, 0.4) is 0 Å². The second kappa shape index (κ2) is 4.51. The summed E-state index contributed by atoms with van der Waals surface area (Å²) in [4.78, 5) is 11.1. The van der Waals surface area contributed by atoms with Gasteiger partial charge in [0.25, 0.3) is 0 Å². The summed E-state index contributed by atoms with van der Waals surface area (Å²) in [5.41, 5.74) is 0.662. The summed E-state index contributed by atoms with van der Waals surface area (Å²) in [6.45, 7) is 0. The molecule has 0 aliphatic carbocycles. The number of hydrogen-bond donors (Lipinski definition) is 1. The van der Waals surface area contributed by atoms with Crippen LogP contribution < -0.4 is 4.74 Å². The van der Waals surface area contributed by atoms with E-state index in [-0.39, 0.29) is 5.69 Å². The number of carbonyl (C=O) groups is 1. The molecular weight excluding hydrogens is 242 g/mol. The molecule has 1 heterocycles. The van der Waals surface area contributed by atoms with E-state index in [4.69, 9.17) is 21.4 Å². The van der Waals surface area contributed by atoms with Gasteiger partial charge in [-0.25, -0.2) is 4.79 Å². The highest BCUT2D eigenvalue weighted by Crippen LogP contribution is 2.31. The Bertz CT molecular complexity index is 563. The summed E-state index contributed by atoms with van der Waals surface area (Å²) in [6, 6.07) is 8.31. The van der Waals surface area contributed by atoms with E-state index in [0.717, 1.165) is 0 Å². The molecule has 5 heteroatoms. The maximum Gasteiger partial charge on any atom is 0.352 e. The standard InChI is InChI=1S/C12H10ClNO3/c1-17-10-6-2-4-8(13)11(10)14-7-3-5-9(14)12(15)16/h2-7H,1H3,(H,15,16). The van der Waals surface area contributed by atoms with Gasteiger partial charge in [0.2, 0.25) is 0 Å². The van der Waals surface area contributed by atoms with Crippen LogP contribution in [0, 0.1) is 0 Å².